The summed E-state index contributed by atoms with van der Waals surface area (Å²) in [7, 11) is 0. The summed E-state index contributed by atoms with van der Waals surface area (Å²) in [5.41, 5.74) is 0. The molecule has 12 heavy (non-hydrogen) atoms. The van der Waals surface area contributed by atoms with Crippen molar-refractivity contribution in [2.75, 3.05) is 11.5 Å². The first-order valence-electron chi connectivity index (χ1n) is 3.97. The van der Waals surface area contributed by atoms with Crippen molar-refractivity contribution >= 4 is 11.8 Å². The third kappa shape index (κ3) is 1.72. The van der Waals surface area contributed by atoms with E-state index in [0.717, 1.165) is 6.42 Å². The molecule has 1 aliphatic heterocycles. The maximum Gasteiger partial charge on any atom is 0.438 e. The van der Waals surface area contributed by atoms with Gasteiger partial charge in [0, 0.05) is 6.42 Å². The summed E-state index contributed by atoms with van der Waals surface area (Å²) < 4.78 is 4.41. The summed E-state index contributed by atoms with van der Waals surface area (Å²) in [5, 5.41) is 3.63. The number of H-pyrrole nitrogens is 1. The zero-order valence-corrected chi connectivity index (χ0v) is 7.39. The molecular weight excluding hydrogens is 176 g/mol. The first kappa shape index (κ1) is 7.91. The van der Waals surface area contributed by atoms with Crippen LogP contribution in [0, 0.1) is 5.92 Å². The molecule has 1 N–H and O–H groups in total. The van der Waals surface area contributed by atoms with Crippen molar-refractivity contribution in [3.05, 3.63) is 16.4 Å². The topological polar surface area (TPSA) is 58.9 Å². The summed E-state index contributed by atoms with van der Waals surface area (Å²) in [6.07, 6.45) is 2.07. The molecule has 1 aliphatic rings. The second kappa shape index (κ2) is 3.35. The highest BCUT2D eigenvalue weighted by Gasteiger charge is 2.17. The third-order valence-electron chi connectivity index (χ3n) is 1.99. The van der Waals surface area contributed by atoms with E-state index in [1.807, 2.05) is 11.8 Å². The molecule has 0 bridgehead atoms. The van der Waals surface area contributed by atoms with Crippen molar-refractivity contribution in [2.24, 2.45) is 5.92 Å². The standard InChI is InChI=1S/C7H10N2O2S/c10-7-8-6(9-11-7)3-5-1-2-12-4-5/h5H,1-4H2,(H,8,9,10). The van der Waals surface area contributed by atoms with Gasteiger partial charge in [-0.3, -0.25) is 9.51 Å². The van der Waals surface area contributed by atoms with Gasteiger partial charge in [-0.1, -0.05) is 5.16 Å². The lowest BCUT2D eigenvalue weighted by Gasteiger charge is -2.01. The maximum atomic E-state index is 10.6. The Balaban J connectivity index is 1.98. The number of rotatable bonds is 2. The predicted octanol–water partition coefficient (Wildman–Crippen LogP) is 0.658. The van der Waals surface area contributed by atoms with Gasteiger partial charge >= 0.3 is 5.76 Å². The molecular formula is C7H10N2O2S. The quantitative estimate of drug-likeness (QED) is 0.737. The monoisotopic (exact) mass is 186 g/mol. The first-order chi connectivity index (χ1) is 5.84. The summed E-state index contributed by atoms with van der Waals surface area (Å²) in [6, 6.07) is 0. The van der Waals surface area contributed by atoms with Crippen LogP contribution in [0.4, 0.5) is 0 Å². The van der Waals surface area contributed by atoms with Crippen molar-refractivity contribution in [1.29, 1.82) is 0 Å². The maximum absolute atomic E-state index is 10.6. The molecule has 0 aliphatic carbocycles. The van der Waals surface area contributed by atoms with E-state index >= 15 is 0 Å². The van der Waals surface area contributed by atoms with Gasteiger partial charge in [0.05, 0.1) is 0 Å². The fraction of sp³-hybridized carbons (Fsp3) is 0.714. The Morgan fingerprint density at radius 2 is 2.67 bits per heavy atom. The Bertz CT molecular complexity index is 300. The lowest BCUT2D eigenvalue weighted by atomic mass is 10.1. The molecule has 1 saturated heterocycles. The van der Waals surface area contributed by atoms with Crippen LogP contribution in [0.3, 0.4) is 0 Å². The van der Waals surface area contributed by atoms with Gasteiger partial charge in [-0.15, -0.1) is 0 Å². The average Bonchev–Trinajstić information content (AvgIpc) is 2.63. The molecule has 66 valence electrons. The Kier molecular flexibility index (Phi) is 2.21. The van der Waals surface area contributed by atoms with Crippen LogP contribution in [-0.4, -0.2) is 21.6 Å². The molecule has 0 radical (unpaired) electrons. The van der Waals surface area contributed by atoms with Gasteiger partial charge in [0.25, 0.3) is 0 Å². The number of hydrogen-bond donors (Lipinski definition) is 1. The van der Waals surface area contributed by atoms with Crippen LogP contribution in [0.1, 0.15) is 12.2 Å². The smallest absolute Gasteiger partial charge is 0.296 e. The number of hydrogen-bond acceptors (Lipinski definition) is 4. The predicted molar refractivity (Wildman–Crippen MR) is 46.3 cm³/mol. The zero-order chi connectivity index (χ0) is 8.39. The molecule has 2 heterocycles. The second-order valence-corrected chi connectivity index (χ2v) is 4.13. The molecule has 1 aromatic heterocycles. The van der Waals surface area contributed by atoms with E-state index in [0.29, 0.717) is 11.7 Å². The first-order valence-corrected chi connectivity index (χ1v) is 5.12. The van der Waals surface area contributed by atoms with E-state index in [1.165, 1.54) is 17.9 Å². The molecule has 1 atom stereocenters. The molecule has 0 saturated carbocycles. The molecule has 0 amide bonds. The van der Waals surface area contributed by atoms with Crippen LogP contribution in [0.25, 0.3) is 0 Å². The Morgan fingerprint density at radius 1 is 1.75 bits per heavy atom. The molecule has 1 aromatic rings. The molecule has 1 unspecified atom stereocenters. The SMILES string of the molecule is O=c1[nH]c(CC2CCSC2)no1. The summed E-state index contributed by atoms with van der Waals surface area (Å²) in [5.74, 6) is 3.31. The van der Waals surface area contributed by atoms with E-state index < -0.39 is 5.76 Å². The van der Waals surface area contributed by atoms with Gasteiger partial charge in [-0.2, -0.15) is 11.8 Å². The van der Waals surface area contributed by atoms with Crippen molar-refractivity contribution in [3.8, 4) is 0 Å². The highest BCUT2D eigenvalue weighted by molar-refractivity contribution is 7.99. The Labute approximate surface area is 73.7 Å². The molecule has 5 heteroatoms. The number of thioether (sulfide) groups is 1. The highest BCUT2D eigenvalue weighted by atomic mass is 32.2. The van der Waals surface area contributed by atoms with Crippen molar-refractivity contribution < 1.29 is 4.52 Å². The average molecular weight is 186 g/mol. The van der Waals surface area contributed by atoms with Crippen molar-refractivity contribution in [1.82, 2.24) is 10.1 Å². The molecule has 1 fully saturated rings. The van der Waals surface area contributed by atoms with Gasteiger partial charge in [0.2, 0.25) is 0 Å². The fourth-order valence-electron chi connectivity index (χ4n) is 1.37. The fourth-order valence-corrected chi connectivity index (χ4v) is 2.65. The summed E-state index contributed by atoms with van der Waals surface area (Å²) in [6.45, 7) is 0. The lowest BCUT2D eigenvalue weighted by molar-refractivity contribution is 0.378. The lowest BCUT2D eigenvalue weighted by Crippen LogP contribution is -2.05. The zero-order valence-electron chi connectivity index (χ0n) is 6.58. The number of aromatic nitrogens is 2. The Morgan fingerprint density at radius 3 is 3.25 bits per heavy atom. The van der Waals surface area contributed by atoms with Crippen LogP contribution in [0.15, 0.2) is 9.32 Å². The molecule has 0 spiro atoms. The van der Waals surface area contributed by atoms with Gasteiger partial charge in [0.1, 0.15) is 0 Å². The van der Waals surface area contributed by atoms with Crippen LogP contribution in [-0.2, 0) is 6.42 Å². The Hall–Kier alpha value is -0.710. The molecule has 4 nitrogen and oxygen atoms in total. The van der Waals surface area contributed by atoms with Crippen LogP contribution >= 0.6 is 11.8 Å². The van der Waals surface area contributed by atoms with Gasteiger partial charge in [-0.25, -0.2) is 4.79 Å². The van der Waals surface area contributed by atoms with Gasteiger partial charge in [0.15, 0.2) is 5.82 Å². The second-order valence-electron chi connectivity index (χ2n) is 2.98. The minimum Gasteiger partial charge on any atom is -0.296 e. The van der Waals surface area contributed by atoms with E-state index in [-0.39, 0.29) is 0 Å². The van der Waals surface area contributed by atoms with E-state index in [1.54, 1.807) is 0 Å². The minimum atomic E-state index is -0.448. The van der Waals surface area contributed by atoms with E-state index in [9.17, 15) is 4.79 Å². The van der Waals surface area contributed by atoms with Gasteiger partial charge in [-0.05, 0) is 23.8 Å². The van der Waals surface area contributed by atoms with E-state index in [4.69, 9.17) is 0 Å². The van der Waals surface area contributed by atoms with Crippen molar-refractivity contribution in [2.45, 2.75) is 12.8 Å². The number of nitrogens with zero attached hydrogens (tertiary/aromatic N) is 1. The minimum absolute atomic E-state index is 0.448. The van der Waals surface area contributed by atoms with Crippen molar-refractivity contribution in [3.63, 3.8) is 0 Å². The summed E-state index contributed by atoms with van der Waals surface area (Å²) in [4.78, 5) is 13.1. The van der Waals surface area contributed by atoms with Crippen LogP contribution in [0.5, 0.6) is 0 Å². The normalized spacial score (nSPS) is 23.2. The van der Waals surface area contributed by atoms with E-state index in [2.05, 4.69) is 14.7 Å². The third-order valence-corrected chi connectivity index (χ3v) is 3.22. The number of nitrogens with one attached hydrogen (secondary N) is 1. The van der Waals surface area contributed by atoms with Crippen LogP contribution < -0.4 is 5.76 Å². The largest absolute Gasteiger partial charge is 0.438 e. The number of aromatic amines is 1. The van der Waals surface area contributed by atoms with Gasteiger partial charge < -0.3 is 0 Å². The molecule has 2 rings (SSSR count). The highest BCUT2D eigenvalue weighted by Crippen LogP contribution is 2.25. The molecule has 0 aromatic carbocycles. The summed E-state index contributed by atoms with van der Waals surface area (Å²) >= 11 is 1.96. The van der Waals surface area contributed by atoms with Crippen LogP contribution in [0.2, 0.25) is 0 Å².